The van der Waals surface area contributed by atoms with Crippen molar-refractivity contribution < 1.29 is 8.91 Å². The van der Waals surface area contributed by atoms with Gasteiger partial charge in [-0.15, -0.1) is 0 Å². The highest BCUT2D eigenvalue weighted by Crippen LogP contribution is 2.17. The fraction of sp³-hybridized carbons (Fsp3) is 0.214. The minimum Gasteiger partial charge on any atom is -0.337 e. The van der Waals surface area contributed by atoms with Crippen molar-refractivity contribution in [2.24, 2.45) is 0 Å². The van der Waals surface area contributed by atoms with Crippen LogP contribution in [0, 0.1) is 19.7 Å². The van der Waals surface area contributed by atoms with E-state index in [1.165, 1.54) is 12.1 Å². The van der Waals surface area contributed by atoms with Crippen LogP contribution in [0.3, 0.4) is 0 Å². The Morgan fingerprint density at radius 3 is 2.60 bits per heavy atom. The SMILES string of the molecule is Cc1ncn(Cc2nc(-c3ccc(F)cc3)no2)c1C. The van der Waals surface area contributed by atoms with Gasteiger partial charge in [0.2, 0.25) is 11.7 Å². The van der Waals surface area contributed by atoms with Crippen LogP contribution in [0.4, 0.5) is 4.39 Å². The van der Waals surface area contributed by atoms with Gasteiger partial charge in [0.05, 0.1) is 12.0 Å². The molecule has 0 saturated carbocycles. The van der Waals surface area contributed by atoms with Crippen LogP contribution in [0.25, 0.3) is 11.4 Å². The Balaban J connectivity index is 1.83. The van der Waals surface area contributed by atoms with Gasteiger partial charge in [0.25, 0.3) is 0 Å². The summed E-state index contributed by atoms with van der Waals surface area (Å²) in [5.74, 6) is 0.654. The fourth-order valence-corrected chi connectivity index (χ4v) is 1.88. The average Bonchev–Trinajstić information content (AvgIpc) is 3.02. The topological polar surface area (TPSA) is 56.7 Å². The van der Waals surface area contributed by atoms with Gasteiger partial charge < -0.3 is 9.09 Å². The lowest BCUT2D eigenvalue weighted by atomic mass is 10.2. The Morgan fingerprint density at radius 2 is 1.95 bits per heavy atom. The van der Waals surface area contributed by atoms with Crippen LogP contribution in [-0.2, 0) is 6.54 Å². The normalized spacial score (nSPS) is 10.9. The Kier molecular flexibility index (Phi) is 3.06. The fourth-order valence-electron chi connectivity index (χ4n) is 1.88. The summed E-state index contributed by atoms with van der Waals surface area (Å²) >= 11 is 0. The number of aromatic nitrogens is 4. The van der Waals surface area contributed by atoms with Gasteiger partial charge in [0.15, 0.2) is 0 Å². The van der Waals surface area contributed by atoms with Crippen molar-refractivity contribution in [3.8, 4) is 11.4 Å². The smallest absolute Gasteiger partial charge is 0.246 e. The molecule has 0 saturated heterocycles. The zero-order chi connectivity index (χ0) is 14.1. The Morgan fingerprint density at radius 1 is 1.20 bits per heavy atom. The second-order valence-electron chi connectivity index (χ2n) is 4.56. The summed E-state index contributed by atoms with van der Waals surface area (Å²) in [5, 5.41) is 3.91. The quantitative estimate of drug-likeness (QED) is 0.735. The van der Waals surface area contributed by atoms with Gasteiger partial charge >= 0.3 is 0 Å². The van der Waals surface area contributed by atoms with Gasteiger partial charge in [-0.25, -0.2) is 9.37 Å². The van der Waals surface area contributed by atoms with Crippen molar-refractivity contribution >= 4 is 0 Å². The number of halogens is 1. The van der Waals surface area contributed by atoms with Gasteiger partial charge in [-0.05, 0) is 38.1 Å². The van der Waals surface area contributed by atoms with Crippen molar-refractivity contribution in [3.63, 3.8) is 0 Å². The van der Waals surface area contributed by atoms with E-state index in [1.807, 2.05) is 18.4 Å². The molecular formula is C14H13FN4O. The molecule has 0 spiro atoms. The maximum absolute atomic E-state index is 12.9. The molecule has 0 N–H and O–H groups in total. The van der Waals surface area contributed by atoms with Gasteiger partial charge in [-0.2, -0.15) is 4.98 Å². The molecule has 1 aromatic carbocycles. The molecule has 0 fully saturated rings. The standard InChI is InChI=1S/C14H13FN4O/c1-9-10(2)19(8-16-9)7-13-17-14(18-20-13)11-3-5-12(15)6-4-11/h3-6,8H,7H2,1-2H3. The van der Waals surface area contributed by atoms with Crippen LogP contribution in [0.2, 0.25) is 0 Å². The van der Waals surface area contributed by atoms with E-state index in [-0.39, 0.29) is 5.82 Å². The molecule has 0 aliphatic carbocycles. The molecule has 6 heteroatoms. The number of nitrogens with zero attached hydrogens (tertiary/aromatic N) is 4. The first-order valence-electron chi connectivity index (χ1n) is 6.20. The molecule has 0 unspecified atom stereocenters. The van der Waals surface area contributed by atoms with Crippen molar-refractivity contribution in [3.05, 3.63) is 53.7 Å². The summed E-state index contributed by atoms with van der Waals surface area (Å²) in [6.45, 7) is 4.41. The second kappa shape index (κ2) is 4.88. The van der Waals surface area contributed by atoms with Crippen LogP contribution in [0.15, 0.2) is 35.1 Å². The minimum absolute atomic E-state index is 0.290. The minimum atomic E-state index is -0.290. The van der Waals surface area contributed by atoms with E-state index in [2.05, 4.69) is 15.1 Å². The van der Waals surface area contributed by atoms with E-state index < -0.39 is 0 Å². The zero-order valence-corrected chi connectivity index (χ0v) is 11.2. The van der Waals surface area contributed by atoms with Crippen molar-refractivity contribution in [1.29, 1.82) is 0 Å². The molecule has 2 heterocycles. The summed E-state index contributed by atoms with van der Waals surface area (Å²) in [7, 11) is 0. The summed E-state index contributed by atoms with van der Waals surface area (Å²) in [5.41, 5.74) is 2.76. The second-order valence-corrected chi connectivity index (χ2v) is 4.56. The number of hydrogen-bond acceptors (Lipinski definition) is 4. The molecule has 0 aliphatic rings. The Bertz CT molecular complexity index is 730. The molecule has 20 heavy (non-hydrogen) atoms. The van der Waals surface area contributed by atoms with Gasteiger partial charge in [-0.3, -0.25) is 0 Å². The van der Waals surface area contributed by atoms with Crippen molar-refractivity contribution in [2.45, 2.75) is 20.4 Å². The summed E-state index contributed by atoms with van der Waals surface area (Å²) in [6, 6.07) is 5.98. The lowest BCUT2D eigenvalue weighted by molar-refractivity contribution is 0.370. The van der Waals surface area contributed by atoms with Crippen LogP contribution >= 0.6 is 0 Å². The molecule has 2 aromatic heterocycles. The predicted octanol–water partition coefficient (Wildman–Crippen LogP) is 2.74. The summed E-state index contributed by atoms with van der Waals surface area (Å²) < 4.78 is 20.0. The lowest BCUT2D eigenvalue weighted by Crippen LogP contribution is -2.00. The number of aryl methyl sites for hydroxylation is 1. The summed E-state index contributed by atoms with van der Waals surface area (Å²) in [4.78, 5) is 8.53. The molecule has 102 valence electrons. The van der Waals surface area contributed by atoms with Gasteiger partial charge in [-0.1, -0.05) is 5.16 Å². The third kappa shape index (κ3) is 2.32. The molecule has 0 radical (unpaired) electrons. The number of rotatable bonds is 3. The van der Waals surface area contributed by atoms with E-state index in [4.69, 9.17) is 4.52 Å². The highest BCUT2D eigenvalue weighted by atomic mass is 19.1. The first kappa shape index (κ1) is 12.5. The van der Waals surface area contributed by atoms with Crippen LogP contribution in [0.5, 0.6) is 0 Å². The molecule has 0 amide bonds. The molecule has 3 rings (SSSR count). The van der Waals surface area contributed by atoms with Crippen LogP contribution < -0.4 is 0 Å². The molecular weight excluding hydrogens is 259 g/mol. The Hall–Kier alpha value is -2.50. The average molecular weight is 272 g/mol. The zero-order valence-electron chi connectivity index (χ0n) is 11.2. The maximum Gasteiger partial charge on any atom is 0.246 e. The van der Waals surface area contributed by atoms with E-state index in [0.29, 0.717) is 18.3 Å². The summed E-state index contributed by atoms with van der Waals surface area (Å²) in [6.07, 6.45) is 1.74. The van der Waals surface area contributed by atoms with E-state index in [1.54, 1.807) is 18.5 Å². The Labute approximate surface area is 115 Å². The third-order valence-electron chi connectivity index (χ3n) is 3.22. The molecule has 0 bridgehead atoms. The monoisotopic (exact) mass is 272 g/mol. The maximum atomic E-state index is 12.9. The van der Waals surface area contributed by atoms with Crippen LogP contribution in [0.1, 0.15) is 17.3 Å². The molecule has 5 nitrogen and oxygen atoms in total. The first-order valence-corrected chi connectivity index (χ1v) is 6.20. The number of hydrogen-bond donors (Lipinski definition) is 0. The third-order valence-corrected chi connectivity index (χ3v) is 3.22. The van der Waals surface area contributed by atoms with Crippen molar-refractivity contribution in [2.75, 3.05) is 0 Å². The first-order chi connectivity index (χ1) is 9.63. The van der Waals surface area contributed by atoms with E-state index in [9.17, 15) is 4.39 Å². The number of benzene rings is 1. The van der Waals surface area contributed by atoms with Gasteiger partial charge in [0.1, 0.15) is 12.4 Å². The van der Waals surface area contributed by atoms with E-state index in [0.717, 1.165) is 17.0 Å². The van der Waals surface area contributed by atoms with Crippen molar-refractivity contribution in [1.82, 2.24) is 19.7 Å². The molecule has 0 atom stereocenters. The molecule has 0 aliphatic heterocycles. The van der Waals surface area contributed by atoms with Gasteiger partial charge in [0, 0.05) is 11.3 Å². The largest absolute Gasteiger partial charge is 0.337 e. The number of imidazole rings is 1. The highest BCUT2D eigenvalue weighted by molar-refractivity contribution is 5.53. The predicted molar refractivity (Wildman–Crippen MR) is 70.5 cm³/mol. The highest BCUT2D eigenvalue weighted by Gasteiger charge is 2.11. The lowest BCUT2D eigenvalue weighted by Gasteiger charge is -2.00. The van der Waals surface area contributed by atoms with E-state index >= 15 is 0 Å². The van der Waals surface area contributed by atoms with Crippen LogP contribution in [-0.4, -0.2) is 19.7 Å². The molecule has 3 aromatic rings.